The summed E-state index contributed by atoms with van der Waals surface area (Å²) in [4.78, 5) is 37.2. The predicted octanol–water partition coefficient (Wildman–Crippen LogP) is -1.04. The van der Waals surface area contributed by atoms with Gasteiger partial charge in [-0.3, -0.25) is 19.1 Å². The Bertz CT molecular complexity index is 1030. The lowest BCUT2D eigenvalue weighted by molar-refractivity contribution is -0.198. The number of aromatic amines is 1. The maximum atomic E-state index is 12.2. The molecule has 2 fully saturated rings. The summed E-state index contributed by atoms with van der Waals surface area (Å²) >= 11 is 0. The zero-order chi connectivity index (χ0) is 20.8. The molecule has 0 spiro atoms. The van der Waals surface area contributed by atoms with Crippen LogP contribution in [0.15, 0.2) is 28.0 Å². The zero-order valence-corrected chi connectivity index (χ0v) is 16.1. The Kier molecular flexibility index (Phi) is 4.84. The Balaban J connectivity index is 1.57. The van der Waals surface area contributed by atoms with Gasteiger partial charge in [0.2, 0.25) is 0 Å². The number of aromatic nitrogens is 5. The average molecular weight is 407 g/mol. The quantitative estimate of drug-likeness (QED) is 0.616. The van der Waals surface area contributed by atoms with Gasteiger partial charge in [0.05, 0.1) is 25.8 Å². The van der Waals surface area contributed by atoms with E-state index in [4.69, 9.17) is 14.2 Å². The van der Waals surface area contributed by atoms with Gasteiger partial charge >= 0.3 is 11.7 Å². The van der Waals surface area contributed by atoms with E-state index in [-0.39, 0.29) is 13.0 Å². The average Bonchev–Trinajstić information content (AvgIpc) is 3.30. The first-order valence-corrected chi connectivity index (χ1v) is 9.04. The summed E-state index contributed by atoms with van der Waals surface area (Å²) in [5.41, 5.74) is -0.637. The van der Waals surface area contributed by atoms with E-state index in [9.17, 15) is 14.4 Å². The van der Waals surface area contributed by atoms with Gasteiger partial charge in [-0.25, -0.2) is 9.48 Å². The summed E-state index contributed by atoms with van der Waals surface area (Å²) < 4.78 is 25.4. The molecule has 29 heavy (non-hydrogen) atoms. The predicted molar refractivity (Wildman–Crippen MR) is 94.8 cm³/mol. The highest BCUT2D eigenvalue weighted by atomic mass is 16.8. The zero-order valence-electron chi connectivity index (χ0n) is 16.1. The summed E-state index contributed by atoms with van der Waals surface area (Å²) in [6.07, 6.45) is 0.682. The number of hydrogen-bond acceptors (Lipinski definition) is 9. The smallest absolute Gasteiger partial charge is 0.330 e. The maximum Gasteiger partial charge on any atom is 0.330 e. The van der Waals surface area contributed by atoms with E-state index in [2.05, 4.69) is 20.0 Å². The second-order valence-corrected chi connectivity index (χ2v) is 7.33. The van der Waals surface area contributed by atoms with Crippen LogP contribution < -0.4 is 11.2 Å². The minimum absolute atomic E-state index is 0.0100. The number of hydrogen-bond donors (Lipinski definition) is 1. The lowest BCUT2D eigenvalue weighted by Crippen LogP contribution is -2.37. The number of nitrogens with zero attached hydrogens (tertiary/aromatic N) is 4. The van der Waals surface area contributed by atoms with Crippen molar-refractivity contribution in [3.8, 4) is 0 Å². The number of nitrogens with one attached hydrogen (secondary N) is 1. The summed E-state index contributed by atoms with van der Waals surface area (Å²) in [6.45, 7) is 3.82. The van der Waals surface area contributed by atoms with Crippen molar-refractivity contribution < 1.29 is 23.7 Å². The second-order valence-electron chi connectivity index (χ2n) is 7.33. The van der Waals surface area contributed by atoms with Gasteiger partial charge < -0.3 is 18.9 Å². The van der Waals surface area contributed by atoms with Gasteiger partial charge in [-0.1, -0.05) is 5.21 Å². The molecule has 0 aliphatic carbocycles. The number of H-pyrrole nitrogens is 1. The van der Waals surface area contributed by atoms with E-state index in [1.54, 1.807) is 20.0 Å². The lowest BCUT2D eigenvalue weighted by atomic mass is 10.1. The normalized spacial score (nSPS) is 27.7. The number of fused-ring (bicyclic) bond motifs is 1. The third-order valence-corrected chi connectivity index (χ3v) is 4.76. The van der Waals surface area contributed by atoms with E-state index >= 15 is 0 Å². The minimum Gasteiger partial charge on any atom is -0.469 e. The summed E-state index contributed by atoms with van der Waals surface area (Å²) in [6, 6.07) is 1.24. The number of esters is 1. The molecular weight excluding hydrogens is 386 g/mol. The molecule has 2 aliphatic rings. The molecule has 2 aromatic rings. The highest BCUT2D eigenvalue weighted by molar-refractivity contribution is 5.71. The Hall–Kier alpha value is -2.83. The first kappa shape index (κ1) is 19.5. The molecule has 12 heteroatoms. The fourth-order valence-electron chi connectivity index (χ4n) is 3.57. The van der Waals surface area contributed by atoms with Crippen LogP contribution in [-0.2, 0) is 36.7 Å². The molecule has 0 saturated carbocycles. The van der Waals surface area contributed by atoms with Crippen LogP contribution in [0.5, 0.6) is 0 Å². The Morgan fingerprint density at radius 3 is 2.79 bits per heavy atom. The standard InChI is InChI=1S/C17H21N5O7/c1-17(2)28-13-10(8-21-7-9(19-20-21)6-12(24)26-3)27-15(14(13)29-17)22-5-4-11(23)18-16(22)25/h4-5,7,10,13-15H,6,8H2,1-3H3,(H,18,23,25)/t10-,13-,14-,15-/m1/s1. The maximum absolute atomic E-state index is 12.2. The molecule has 1 N–H and O–H groups in total. The molecule has 0 amide bonds. The van der Waals surface area contributed by atoms with Crippen LogP contribution in [0.1, 0.15) is 25.8 Å². The first-order valence-electron chi connectivity index (χ1n) is 9.04. The molecule has 156 valence electrons. The highest BCUT2D eigenvalue weighted by Crippen LogP contribution is 2.42. The number of carbonyl (C=O) groups is 1. The van der Waals surface area contributed by atoms with Crippen molar-refractivity contribution in [1.29, 1.82) is 0 Å². The molecule has 0 aromatic carbocycles. The number of rotatable bonds is 5. The van der Waals surface area contributed by atoms with Crippen molar-refractivity contribution in [3.63, 3.8) is 0 Å². The van der Waals surface area contributed by atoms with Crippen LogP contribution in [0.3, 0.4) is 0 Å². The summed E-state index contributed by atoms with van der Waals surface area (Å²) in [7, 11) is 1.30. The molecule has 12 nitrogen and oxygen atoms in total. The second kappa shape index (κ2) is 7.21. The van der Waals surface area contributed by atoms with E-state index in [0.717, 1.165) is 0 Å². The van der Waals surface area contributed by atoms with Crippen LogP contribution in [0.4, 0.5) is 0 Å². The van der Waals surface area contributed by atoms with Crippen molar-refractivity contribution in [2.24, 2.45) is 0 Å². The molecule has 0 radical (unpaired) electrons. The van der Waals surface area contributed by atoms with Gasteiger partial charge in [-0.2, -0.15) is 0 Å². The Morgan fingerprint density at radius 1 is 1.31 bits per heavy atom. The van der Waals surface area contributed by atoms with Gasteiger partial charge in [-0.05, 0) is 13.8 Å². The fraction of sp³-hybridized carbons (Fsp3) is 0.588. The topological polar surface area (TPSA) is 140 Å². The molecular formula is C17H21N5O7. The summed E-state index contributed by atoms with van der Waals surface area (Å²) in [5.74, 6) is -1.28. The number of carbonyl (C=O) groups excluding carboxylic acids is 1. The highest BCUT2D eigenvalue weighted by Gasteiger charge is 2.56. The monoisotopic (exact) mass is 407 g/mol. The molecule has 0 unspecified atom stereocenters. The molecule has 2 aliphatic heterocycles. The number of ether oxygens (including phenoxy) is 4. The molecule has 4 heterocycles. The van der Waals surface area contributed by atoms with Crippen molar-refractivity contribution in [2.45, 2.75) is 57.1 Å². The van der Waals surface area contributed by atoms with Crippen molar-refractivity contribution >= 4 is 5.97 Å². The van der Waals surface area contributed by atoms with Crippen LogP contribution in [0.25, 0.3) is 0 Å². The minimum atomic E-state index is -0.861. The van der Waals surface area contributed by atoms with Gasteiger partial charge in [0.15, 0.2) is 12.0 Å². The van der Waals surface area contributed by atoms with Gasteiger partial charge in [-0.15, -0.1) is 5.10 Å². The van der Waals surface area contributed by atoms with Crippen molar-refractivity contribution in [3.05, 3.63) is 45.0 Å². The molecule has 2 aromatic heterocycles. The lowest BCUT2D eigenvalue weighted by Gasteiger charge is -2.24. The van der Waals surface area contributed by atoms with E-state index in [0.29, 0.717) is 5.69 Å². The molecule has 4 rings (SSSR count). The third-order valence-electron chi connectivity index (χ3n) is 4.76. The van der Waals surface area contributed by atoms with Crippen LogP contribution in [0.2, 0.25) is 0 Å². The third kappa shape index (κ3) is 3.86. The Morgan fingerprint density at radius 2 is 2.07 bits per heavy atom. The molecule has 0 bridgehead atoms. The molecule has 4 atom stereocenters. The van der Waals surface area contributed by atoms with Crippen LogP contribution in [-0.4, -0.2) is 61.7 Å². The first-order chi connectivity index (χ1) is 13.8. The number of methoxy groups -OCH3 is 1. The van der Waals surface area contributed by atoms with E-state index in [1.165, 1.54) is 28.6 Å². The van der Waals surface area contributed by atoms with Crippen LogP contribution >= 0.6 is 0 Å². The van der Waals surface area contributed by atoms with E-state index < -0.39 is 47.5 Å². The van der Waals surface area contributed by atoms with Gasteiger partial charge in [0.1, 0.15) is 18.3 Å². The largest absolute Gasteiger partial charge is 0.469 e. The van der Waals surface area contributed by atoms with E-state index in [1.807, 2.05) is 0 Å². The SMILES string of the molecule is COC(=O)Cc1cn(C[C@H]2O[C@@H](n3ccc(=O)[nH]c3=O)[C@@H]3OC(C)(C)O[C@@H]32)nn1. The van der Waals surface area contributed by atoms with Crippen molar-refractivity contribution in [1.82, 2.24) is 24.5 Å². The fourth-order valence-corrected chi connectivity index (χ4v) is 3.57. The molecule has 2 saturated heterocycles. The van der Waals surface area contributed by atoms with Gasteiger partial charge in [0.25, 0.3) is 5.56 Å². The van der Waals surface area contributed by atoms with Gasteiger partial charge in [0, 0.05) is 18.5 Å². The van der Waals surface area contributed by atoms with Crippen LogP contribution in [0, 0.1) is 0 Å². The van der Waals surface area contributed by atoms with Crippen molar-refractivity contribution in [2.75, 3.05) is 7.11 Å². The Labute approximate surface area is 164 Å². The summed E-state index contributed by atoms with van der Waals surface area (Å²) in [5, 5.41) is 7.96.